The van der Waals surface area contributed by atoms with Crippen molar-refractivity contribution < 1.29 is 9.84 Å². The van der Waals surface area contributed by atoms with Crippen LogP contribution in [0.5, 0.6) is 0 Å². The first-order valence-electron chi connectivity index (χ1n) is 5.19. The minimum absolute atomic E-state index is 0.437. The van der Waals surface area contributed by atoms with Gasteiger partial charge in [0.25, 0.3) is 0 Å². The molecule has 2 rings (SSSR count). The number of halogens is 1. The van der Waals surface area contributed by atoms with E-state index in [1.54, 1.807) is 12.1 Å². The second kappa shape index (κ2) is 4.12. The van der Waals surface area contributed by atoms with E-state index in [-0.39, 0.29) is 0 Å². The summed E-state index contributed by atoms with van der Waals surface area (Å²) in [6, 6.07) is 7.27. The molecule has 82 valence electrons. The number of hydrogen-bond donors (Lipinski definition) is 1. The van der Waals surface area contributed by atoms with Crippen LogP contribution in [0.4, 0.5) is 0 Å². The maximum atomic E-state index is 10.2. The van der Waals surface area contributed by atoms with Crippen LogP contribution in [0.15, 0.2) is 24.3 Å². The molecule has 2 nitrogen and oxygen atoms in total. The molecule has 1 fully saturated rings. The standard InChI is InChI=1S/C12H15ClO2/c1-12(7-2-8-15-12)11(14)9-3-5-10(13)6-4-9/h3-6,11,14H,2,7-8H2,1H3. The summed E-state index contributed by atoms with van der Waals surface area (Å²) in [5, 5.41) is 10.9. The number of aliphatic hydroxyl groups excluding tert-OH is 1. The van der Waals surface area contributed by atoms with Crippen LogP contribution in [0.2, 0.25) is 5.02 Å². The number of aliphatic hydroxyl groups is 1. The summed E-state index contributed by atoms with van der Waals surface area (Å²) >= 11 is 5.80. The lowest BCUT2D eigenvalue weighted by Crippen LogP contribution is -2.31. The Morgan fingerprint density at radius 3 is 2.60 bits per heavy atom. The summed E-state index contributed by atoms with van der Waals surface area (Å²) in [5.41, 5.74) is 0.428. The average molecular weight is 227 g/mol. The van der Waals surface area contributed by atoms with E-state index in [4.69, 9.17) is 16.3 Å². The van der Waals surface area contributed by atoms with Gasteiger partial charge in [-0.05, 0) is 37.5 Å². The maximum Gasteiger partial charge on any atom is 0.108 e. The molecule has 0 bridgehead atoms. The highest BCUT2D eigenvalue weighted by Gasteiger charge is 2.38. The van der Waals surface area contributed by atoms with Gasteiger partial charge in [-0.25, -0.2) is 0 Å². The van der Waals surface area contributed by atoms with Gasteiger partial charge in [0.1, 0.15) is 6.10 Å². The topological polar surface area (TPSA) is 29.5 Å². The van der Waals surface area contributed by atoms with Gasteiger partial charge in [-0.3, -0.25) is 0 Å². The fourth-order valence-corrected chi connectivity index (χ4v) is 2.14. The van der Waals surface area contributed by atoms with Gasteiger partial charge in [0.05, 0.1) is 5.60 Å². The molecule has 0 aromatic heterocycles. The minimum Gasteiger partial charge on any atom is -0.385 e. The first-order valence-corrected chi connectivity index (χ1v) is 5.57. The van der Waals surface area contributed by atoms with Crippen LogP contribution in [0.25, 0.3) is 0 Å². The van der Waals surface area contributed by atoms with E-state index in [9.17, 15) is 5.11 Å². The molecule has 1 saturated heterocycles. The van der Waals surface area contributed by atoms with Gasteiger partial charge < -0.3 is 9.84 Å². The quantitative estimate of drug-likeness (QED) is 0.840. The van der Waals surface area contributed by atoms with E-state index in [0.717, 1.165) is 25.0 Å². The van der Waals surface area contributed by atoms with Gasteiger partial charge in [-0.15, -0.1) is 0 Å². The Morgan fingerprint density at radius 2 is 2.07 bits per heavy atom. The third-order valence-electron chi connectivity index (χ3n) is 3.01. The lowest BCUT2D eigenvalue weighted by atomic mass is 9.90. The Balaban J connectivity index is 2.19. The smallest absolute Gasteiger partial charge is 0.108 e. The molecule has 1 aromatic carbocycles. The summed E-state index contributed by atoms with van der Waals surface area (Å²) in [4.78, 5) is 0. The van der Waals surface area contributed by atoms with Gasteiger partial charge in [0.15, 0.2) is 0 Å². The van der Waals surface area contributed by atoms with Crippen LogP contribution in [0.3, 0.4) is 0 Å². The Hall–Kier alpha value is -0.570. The first-order chi connectivity index (χ1) is 7.12. The minimum atomic E-state index is -0.572. The predicted octanol–water partition coefficient (Wildman–Crippen LogP) is 2.94. The van der Waals surface area contributed by atoms with E-state index in [0.29, 0.717) is 5.02 Å². The molecule has 1 aromatic rings. The molecule has 0 amide bonds. The number of rotatable bonds is 2. The molecule has 1 aliphatic heterocycles. The van der Waals surface area contributed by atoms with Crippen molar-refractivity contribution in [3.63, 3.8) is 0 Å². The van der Waals surface area contributed by atoms with Crippen LogP contribution in [-0.4, -0.2) is 17.3 Å². The molecule has 0 saturated carbocycles. The molecule has 15 heavy (non-hydrogen) atoms. The normalized spacial score (nSPS) is 27.9. The van der Waals surface area contributed by atoms with Gasteiger partial charge in [-0.1, -0.05) is 23.7 Å². The van der Waals surface area contributed by atoms with E-state index in [1.165, 1.54) is 0 Å². The Morgan fingerprint density at radius 1 is 1.40 bits per heavy atom. The summed E-state index contributed by atoms with van der Waals surface area (Å²) in [5.74, 6) is 0. The summed E-state index contributed by atoms with van der Waals surface area (Å²) in [7, 11) is 0. The highest BCUT2D eigenvalue weighted by atomic mass is 35.5. The fraction of sp³-hybridized carbons (Fsp3) is 0.500. The van der Waals surface area contributed by atoms with Crippen LogP contribution in [0.1, 0.15) is 31.4 Å². The fourth-order valence-electron chi connectivity index (χ4n) is 2.01. The third kappa shape index (κ3) is 2.17. The van der Waals surface area contributed by atoms with Gasteiger partial charge >= 0.3 is 0 Å². The summed E-state index contributed by atoms with van der Waals surface area (Å²) < 4.78 is 5.60. The molecule has 0 radical (unpaired) electrons. The van der Waals surface area contributed by atoms with E-state index in [2.05, 4.69) is 0 Å². The highest BCUT2D eigenvalue weighted by Crippen LogP contribution is 2.37. The van der Waals surface area contributed by atoms with Gasteiger partial charge in [0.2, 0.25) is 0 Å². The molecule has 0 spiro atoms. The zero-order valence-electron chi connectivity index (χ0n) is 8.74. The highest BCUT2D eigenvalue weighted by molar-refractivity contribution is 6.30. The van der Waals surface area contributed by atoms with E-state index >= 15 is 0 Å². The second-order valence-electron chi connectivity index (χ2n) is 4.22. The predicted molar refractivity (Wildman–Crippen MR) is 60.0 cm³/mol. The molecule has 2 atom stereocenters. The van der Waals surface area contributed by atoms with Crippen molar-refractivity contribution in [3.8, 4) is 0 Å². The lowest BCUT2D eigenvalue weighted by Gasteiger charge is -2.29. The summed E-state index contributed by atoms with van der Waals surface area (Å²) in [6.07, 6.45) is 1.34. The van der Waals surface area contributed by atoms with Crippen LogP contribution < -0.4 is 0 Å². The second-order valence-corrected chi connectivity index (χ2v) is 4.66. The van der Waals surface area contributed by atoms with Crippen LogP contribution >= 0.6 is 11.6 Å². The zero-order valence-corrected chi connectivity index (χ0v) is 9.50. The maximum absolute atomic E-state index is 10.2. The van der Waals surface area contributed by atoms with Crippen molar-refractivity contribution in [3.05, 3.63) is 34.9 Å². The van der Waals surface area contributed by atoms with Gasteiger partial charge in [-0.2, -0.15) is 0 Å². The number of benzene rings is 1. The van der Waals surface area contributed by atoms with Crippen molar-refractivity contribution in [1.82, 2.24) is 0 Å². The van der Waals surface area contributed by atoms with E-state index < -0.39 is 11.7 Å². The largest absolute Gasteiger partial charge is 0.385 e. The molecule has 1 N–H and O–H groups in total. The molecule has 3 heteroatoms. The lowest BCUT2D eigenvalue weighted by molar-refractivity contribution is -0.0796. The van der Waals surface area contributed by atoms with Crippen molar-refractivity contribution in [2.45, 2.75) is 31.5 Å². The average Bonchev–Trinajstić information content (AvgIpc) is 2.67. The molecule has 1 heterocycles. The van der Waals surface area contributed by atoms with Crippen molar-refractivity contribution >= 4 is 11.6 Å². The molecule has 2 unspecified atom stereocenters. The van der Waals surface area contributed by atoms with Crippen molar-refractivity contribution in [2.75, 3.05) is 6.61 Å². The molecule has 1 aliphatic rings. The van der Waals surface area contributed by atoms with Crippen molar-refractivity contribution in [2.24, 2.45) is 0 Å². The number of ether oxygens (including phenoxy) is 1. The van der Waals surface area contributed by atoms with Gasteiger partial charge in [0, 0.05) is 11.6 Å². The van der Waals surface area contributed by atoms with Crippen LogP contribution in [-0.2, 0) is 4.74 Å². The zero-order chi connectivity index (χ0) is 10.9. The van der Waals surface area contributed by atoms with Crippen molar-refractivity contribution in [1.29, 1.82) is 0 Å². The Kier molecular flexibility index (Phi) is 3.01. The van der Waals surface area contributed by atoms with Crippen LogP contribution in [0, 0.1) is 0 Å². The Labute approximate surface area is 94.8 Å². The molecule has 0 aliphatic carbocycles. The molecular formula is C12H15ClO2. The Bertz CT molecular complexity index is 328. The monoisotopic (exact) mass is 226 g/mol. The molecular weight excluding hydrogens is 212 g/mol. The third-order valence-corrected chi connectivity index (χ3v) is 3.27. The number of hydrogen-bond acceptors (Lipinski definition) is 2. The SMILES string of the molecule is CC1(C(O)c2ccc(Cl)cc2)CCCO1. The first kappa shape index (κ1) is 10.9. The van der Waals surface area contributed by atoms with E-state index in [1.807, 2.05) is 19.1 Å². The summed E-state index contributed by atoms with van der Waals surface area (Å²) in [6.45, 7) is 2.69.